The quantitative estimate of drug-likeness (QED) is 0.340. The number of primary amides is 1. The maximum atomic E-state index is 13.3. The van der Waals surface area contributed by atoms with Crippen LogP contribution in [0.4, 0.5) is 0 Å². The summed E-state index contributed by atoms with van der Waals surface area (Å²) in [5.74, 6) is -0.551. The van der Waals surface area contributed by atoms with E-state index in [0.717, 1.165) is 33.3 Å². The molecular formula is C30H27N5O4S. The standard InChI is InChI=1S/C30H27N5O4S/c1-18-20(7-5-9-27(18)35-17-32-25-8-4-3-6-22(25)30(35)37)21-10-11-23(29(31)36)28-24(21)16-26(33-28)19-12-14-34(15-13-19)40(2,38)39/h3-12,16-17,33H,13-15H2,1-2H3,(H2,31,36). The molecule has 202 valence electrons. The first kappa shape index (κ1) is 25.7. The van der Waals surface area contributed by atoms with Gasteiger partial charge in [0.1, 0.15) is 6.33 Å². The summed E-state index contributed by atoms with van der Waals surface area (Å²) in [6, 6.07) is 18.6. The third-order valence-corrected chi connectivity index (χ3v) is 8.84. The van der Waals surface area contributed by atoms with Crippen LogP contribution in [0.15, 0.2) is 77.9 Å². The van der Waals surface area contributed by atoms with Crippen LogP contribution < -0.4 is 11.3 Å². The van der Waals surface area contributed by atoms with Crippen molar-refractivity contribution in [2.75, 3.05) is 19.3 Å². The Morgan fingerprint density at radius 3 is 2.55 bits per heavy atom. The van der Waals surface area contributed by atoms with E-state index in [0.29, 0.717) is 40.6 Å². The minimum atomic E-state index is -3.28. The van der Waals surface area contributed by atoms with Crippen molar-refractivity contribution in [3.63, 3.8) is 0 Å². The molecule has 10 heteroatoms. The van der Waals surface area contributed by atoms with E-state index in [1.807, 2.05) is 61.5 Å². The van der Waals surface area contributed by atoms with Gasteiger partial charge in [0, 0.05) is 24.2 Å². The van der Waals surface area contributed by atoms with E-state index >= 15 is 0 Å². The lowest BCUT2D eigenvalue weighted by molar-refractivity contribution is 0.100. The highest BCUT2D eigenvalue weighted by Gasteiger charge is 2.23. The smallest absolute Gasteiger partial charge is 0.265 e. The Balaban J connectivity index is 1.50. The van der Waals surface area contributed by atoms with Crippen molar-refractivity contribution in [2.45, 2.75) is 13.3 Å². The van der Waals surface area contributed by atoms with E-state index in [9.17, 15) is 18.0 Å². The third kappa shape index (κ3) is 4.31. The molecule has 0 radical (unpaired) electrons. The number of amides is 1. The number of fused-ring (bicyclic) bond motifs is 2. The van der Waals surface area contributed by atoms with Gasteiger partial charge in [0.05, 0.1) is 33.9 Å². The highest BCUT2D eigenvalue weighted by molar-refractivity contribution is 7.88. The monoisotopic (exact) mass is 553 g/mol. The molecule has 1 amide bonds. The third-order valence-electron chi connectivity index (χ3n) is 7.57. The predicted molar refractivity (Wildman–Crippen MR) is 157 cm³/mol. The van der Waals surface area contributed by atoms with Crippen LogP contribution in [0.1, 0.15) is 28.0 Å². The number of aromatic amines is 1. The first-order valence-corrected chi connectivity index (χ1v) is 14.6. The van der Waals surface area contributed by atoms with Gasteiger partial charge in [-0.15, -0.1) is 0 Å². The van der Waals surface area contributed by atoms with Gasteiger partial charge in [0.15, 0.2) is 0 Å². The molecule has 9 nitrogen and oxygen atoms in total. The molecule has 6 rings (SSSR count). The van der Waals surface area contributed by atoms with Crippen LogP contribution in [0, 0.1) is 6.92 Å². The van der Waals surface area contributed by atoms with E-state index in [-0.39, 0.29) is 12.1 Å². The number of para-hydroxylation sites is 1. The average molecular weight is 554 g/mol. The molecule has 0 bridgehead atoms. The summed E-state index contributed by atoms with van der Waals surface area (Å²) in [6.07, 6.45) is 5.18. The number of nitrogens with two attached hydrogens (primary N) is 1. The van der Waals surface area contributed by atoms with Crippen LogP contribution in [0.2, 0.25) is 0 Å². The number of carbonyl (C=O) groups is 1. The van der Waals surface area contributed by atoms with Crippen molar-refractivity contribution >= 4 is 43.3 Å². The Morgan fingerprint density at radius 1 is 1.02 bits per heavy atom. The van der Waals surface area contributed by atoms with E-state index in [1.54, 1.807) is 23.0 Å². The Kier molecular flexibility index (Phi) is 6.16. The summed E-state index contributed by atoms with van der Waals surface area (Å²) in [7, 11) is -3.28. The van der Waals surface area contributed by atoms with Gasteiger partial charge >= 0.3 is 0 Å². The molecule has 0 atom stereocenters. The van der Waals surface area contributed by atoms with Crippen molar-refractivity contribution in [3.05, 3.63) is 100 Å². The zero-order valence-corrected chi connectivity index (χ0v) is 22.8. The number of hydrogen-bond donors (Lipinski definition) is 2. The summed E-state index contributed by atoms with van der Waals surface area (Å²) in [6.45, 7) is 2.62. The fourth-order valence-electron chi connectivity index (χ4n) is 5.45. The Bertz CT molecular complexity index is 2040. The minimum Gasteiger partial charge on any atom is -0.366 e. The molecule has 0 fully saturated rings. The lowest BCUT2D eigenvalue weighted by Crippen LogP contribution is -2.33. The normalized spacial score (nSPS) is 14.5. The summed E-state index contributed by atoms with van der Waals surface area (Å²) in [5.41, 5.74) is 12.3. The number of sulfonamides is 1. The number of nitrogens with one attached hydrogen (secondary N) is 1. The first-order valence-electron chi connectivity index (χ1n) is 12.8. The van der Waals surface area contributed by atoms with Crippen molar-refractivity contribution in [1.82, 2.24) is 18.8 Å². The molecule has 0 saturated carbocycles. The van der Waals surface area contributed by atoms with Crippen molar-refractivity contribution in [1.29, 1.82) is 0 Å². The molecule has 0 spiro atoms. The lowest BCUT2D eigenvalue weighted by atomic mass is 9.94. The summed E-state index contributed by atoms with van der Waals surface area (Å²) >= 11 is 0. The highest BCUT2D eigenvalue weighted by Crippen LogP contribution is 2.37. The van der Waals surface area contributed by atoms with Gasteiger partial charge < -0.3 is 10.7 Å². The molecule has 1 aliphatic rings. The maximum absolute atomic E-state index is 13.3. The molecular weight excluding hydrogens is 526 g/mol. The minimum absolute atomic E-state index is 0.156. The molecule has 40 heavy (non-hydrogen) atoms. The summed E-state index contributed by atoms with van der Waals surface area (Å²) < 4.78 is 26.9. The number of aromatic nitrogens is 3. The van der Waals surface area contributed by atoms with Crippen LogP contribution in [0.3, 0.4) is 0 Å². The number of rotatable bonds is 5. The Morgan fingerprint density at radius 2 is 1.82 bits per heavy atom. The van der Waals surface area contributed by atoms with Gasteiger partial charge in [-0.05, 0) is 65.9 Å². The second kappa shape index (κ2) is 9.58. The second-order valence-corrected chi connectivity index (χ2v) is 12.0. The number of nitrogens with zero attached hydrogens (tertiary/aromatic N) is 3. The zero-order chi connectivity index (χ0) is 28.2. The molecule has 0 aliphatic carbocycles. The molecule has 5 aromatic rings. The molecule has 2 aromatic heterocycles. The van der Waals surface area contributed by atoms with Gasteiger partial charge in [0.2, 0.25) is 10.0 Å². The van der Waals surface area contributed by atoms with E-state index in [2.05, 4.69) is 9.97 Å². The van der Waals surface area contributed by atoms with Gasteiger partial charge in [-0.2, -0.15) is 4.31 Å². The van der Waals surface area contributed by atoms with Crippen molar-refractivity contribution < 1.29 is 13.2 Å². The molecule has 3 aromatic carbocycles. The number of benzene rings is 3. The first-order chi connectivity index (χ1) is 19.1. The van der Waals surface area contributed by atoms with Crippen LogP contribution in [0.5, 0.6) is 0 Å². The van der Waals surface area contributed by atoms with Crippen molar-refractivity contribution in [2.24, 2.45) is 5.73 Å². The van der Waals surface area contributed by atoms with Crippen LogP contribution in [0.25, 0.3) is 44.2 Å². The molecule has 0 unspecified atom stereocenters. The molecule has 3 heterocycles. The van der Waals surface area contributed by atoms with Crippen LogP contribution >= 0.6 is 0 Å². The number of carbonyl (C=O) groups excluding carboxylic acids is 1. The Labute approximate surface area is 230 Å². The summed E-state index contributed by atoms with van der Waals surface area (Å²) in [5, 5.41) is 1.34. The number of hydrogen-bond acceptors (Lipinski definition) is 5. The zero-order valence-electron chi connectivity index (χ0n) is 22.0. The summed E-state index contributed by atoms with van der Waals surface area (Å²) in [4.78, 5) is 33.5. The SMILES string of the molecule is Cc1c(-c2ccc(C(N)=O)c3[nH]c(C4=CCN(S(C)(=O)=O)CC4)cc23)cccc1-n1cnc2ccccc2c1=O. The molecule has 0 saturated heterocycles. The van der Waals surface area contributed by atoms with Gasteiger partial charge in [-0.3, -0.25) is 14.2 Å². The van der Waals surface area contributed by atoms with E-state index < -0.39 is 15.9 Å². The second-order valence-electron chi connectivity index (χ2n) is 9.98. The topological polar surface area (TPSA) is 131 Å². The van der Waals surface area contributed by atoms with Gasteiger partial charge in [0.25, 0.3) is 11.5 Å². The molecule has 3 N–H and O–H groups in total. The molecule has 1 aliphatic heterocycles. The predicted octanol–water partition coefficient (Wildman–Crippen LogP) is 3.99. The fourth-order valence-corrected chi connectivity index (χ4v) is 6.21. The van der Waals surface area contributed by atoms with Crippen LogP contribution in [-0.4, -0.2) is 52.5 Å². The lowest BCUT2D eigenvalue weighted by Gasteiger charge is -2.23. The van der Waals surface area contributed by atoms with E-state index in [1.165, 1.54) is 10.6 Å². The number of H-pyrrole nitrogens is 1. The van der Waals surface area contributed by atoms with Crippen molar-refractivity contribution in [3.8, 4) is 16.8 Å². The fraction of sp³-hybridized carbons (Fsp3) is 0.167. The maximum Gasteiger partial charge on any atom is 0.265 e. The van der Waals surface area contributed by atoms with Gasteiger partial charge in [-0.1, -0.05) is 36.4 Å². The van der Waals surface area contributed by atoms with Crippen LogP contribution in [-0.2, 0) is 10.0 Å². The largest absolute Gasteiger partial charge is 0.366 e. The van der Waals surface area contributed by atoms with Gasteiger partial charge in [-0.25, -0.2) is 13.4 Å². The average Bonchev–Trinajstić information content (AvgIpc) is 3.39. The van der Waals surface area contributed by atoms with E-state index in [4.69, 9.17) is 5.73 Å². The highest BCUT2D eigenvalue weighted by atomic mass is 32.2. The Hall–Kier alpha value is -4.54.